The molecule has 4 heteroatoms. The van der Waals surface area contributed by atoms with Crippen molar-refractivity contribution >= 4 is 17.4 Å². The van der Waals surface area contributed by atoms with Crippen LogP contribution >= 0.6 is 0 Å². The lowest BCUT2D eigenvalue weighted by atomic mass is 9.86. The van der Waals surface area contributed by atoms with Gasteiger partial charge in [0.2, 0.25) is 5.91 Å². The van der Waals surface area contributed by atoms with Gasteiger partial charge in [0.15, 0.2) is 0 Å². The average molecular weight is 314 g/mol. The van der Waals surface area contributed by atoms with E-state index in [1.54, 1.807) is 6.08 Å². The molecular weight excluding hydrogens is 288 g/mol. The number of aliphatic imine (C=N–C) groups is 1. The highest BCUT2D eigenvalue weighted by Gasteiger charge is 2.20. The number of amides is 1. The molecule has 1 heterocycles. The molecule has 0 atom stereocenters. The van der Waals surface area contributed by atoms with Gasteiger partial charge in [0.05, 0.1) is 5.69 Å². The van der Waals surface area contributed by atoms with Crippen LogP contribution in [0.2, 0.25) is 0 Å². The van der Waals surface area contributed by atoms with E-state index < -0.39 is 0 Å². The van der Waals surface area contributed by atoms with Crippen molar-refractivity contribution in [1.82, 2.24) is 5.32 Å². The summed E-state index contributed by atoms with van der Waals surface area (Å²) in [6.45, 7) is 11.1. The van der Waals surface area contributed by atoms with Gasteiger partial charge in [-0.3, -0.25) is 4.79 Å². The Bertz CT molecular complexity index is 614. The molecule has 1 amide bonds. The first-order valence-corrected chi connectivity index (χ1v) is 8.25. The number of amidine groups is 1. The zero-order valence-corrected chi connectivity index (χ0v) is 14.3. The molecule has 0 aromatic heterocycles. The van der Waals surface area contributed by atoms with Gasteiger partial charge in [-0.2, -0.15) is 0 Å². The number of hydrogen-bond acceptors (Lipinski definition) is 3. The number of carbonyl (C=O) groups is 1. The Labute approximate surface area is 138 Å². The van der Waals surface area contributed by atoms with Gasteiger partial charge < -0.3 is 10.1 Å². The molecule has 0 spiro atoms. The van der Waals surface area contributed by atoms with Crippen LogP contribution in [0, 0.1) is 6.92 Å². The highest BCUT2D eigenvalue weighted by molar-refractivity contribution is 6.04. The van der Waals surface area contributed by atoms with E-state index in [0.29, 0.717) is 11.8 Å². The summed E-state index contributed by atoms with van der Waals surface area (Å²) in [4.78, 5) is 16.0. The standard InChI is InChI=1S/C19H26N2O2/c1-5-15-7-8-17(16-9-11-23-12-10-16)13(3)19(15)21-18(6-2)20-14(4)22/h6-8,16H,2,5,9-12H2,1,3-4H3,(H,20,21,22). The van der Waals surface area contributed by atoms with Gasteiger partial charge in [0.1, 0.15) is 5.84 Å². The lowest BCUT2D eigenvalue weighted by Crippen LogP contribution is -2.26. The van der Waals surface area contributed by atoms with E-state index in [1.807, 2.05) is 0 Å². The Morgan fingerprint density at radius 1 is 1.43 bits per heavy atom. The normalized spacial score (nSPS) is 16.2. The lowest BCUT2D eigenvalue weighted by molar-refractivity contribution is -0.117. The first-order valence-electron chi connectivity index (χ1n) is 8.25. The van der Waals surface area contributed by atoms with Crippen LogP contribution in [0.5, 0.6) is 0 Å². The maximum absolute atomic E-state index is 11.3. The van der Waals surface area contributed by atoms with Gasteiger partial charge >= 0.3 is 0 Å². The fourth-order valence-corrected chi connectivity index (χ4v) is 3.09. The van der Waals surface area contributed by atoms with Crippen molar-refractivity contribution in [1.29, 1.82) is 0 Å². The van der Waals surface area contributed by atoms with Crippen molar-refractivity contribution < 1.29 is 9.53 Å². The van der Waals surface area contributed by atoms with E-state index in [4.69, 9.17) is 4.74 Å². The smallest absolute Gasteiger partial charge is 0.222 e. The second-order valence-electron chi connectivity index (χ2n) is 5.91. The number of hydrogen-bond donors (Lipinski definition) is 1. The Hall–Kier alpha value is -1.94. The number of nitrogens with zero attached hydrogens (tertiary/aromatic N) is 1. The first kappa shape index (κ1) is 17.4. The number of rotatable bonds is 4. The summed E-state index contributed by atoms with van der Waals surface area (Å²) >= 11 is 0. The number of aryl methyl sites for hydroxylation is 1. The molecule has 0 aliphatic carbocycles. The Morgan fingerprint density at radius 2 is 2.13 bits per heavy atom. The van der Waals surface area contributed by atoms with Gasteiger partial charge in [0, 0.05) is 20.1 Å². The highest BCUT2D eigenvalue weighted by atomic mass is 16.5. The molecule has 0 radical (unpaired) electrons. The van der Waals surface area contributed by atoms with Crippen molar-refractivity contribution in [3.8, 4) is 0 Å². The van der Waals surface area contributed by atoms with Crippen molar-refractivity contribution in [2.45, 2.75) is 46.0 Å². The molecule has 1 aromatic carbocycles. The molecule has 0 bridgehead atoms. The van der Waals surface area contributed by atoms with E-state index in [0.717, 1.165) is 38.2 Å². The molecular formula is C19H26N2O2. The van der Waals surface area contributed by atoms with Crippen LogP contribution in [0.15, 0.2) is 29.8 Å². The van der Waals surface area contributed by atoms with Crippen LogP contribution in [0.3, 0.4) is 0 Å². The highest BCUT2D eigenvalue weighted by Crippen LogP contribution is 2.35. The third-order valence-electron chi connectivity index (χ3n) is 4.33. The van der Waals surface area contributed by atoms with Crippen molar-refractivity contribution in [3.63, 3.8) is 0 Å². The molecule has 1 aromatic rings. The average Bonchev–Trinajstić information content (AvgIpc) is 2.56. The van der Waals surface area contributed by atoms with Crippen LogP contribution in [0.4, 0.5) is 5.69 Å². The number of benzene rings is 1. The zero-order valence-electron chi connectivity index (χ0n) is 14.3. The minimum absolute atomic E-state index is 0.139. The molecule has 4 nitrogen and oxygen atoms in total. The van der Waals surface area contributed by atoms with Crippen LogP contribution < -0.4 is 5.32 Å². The second-order valence-corrected chi connectivity index (χ2v) is 5.91. The van der Waals surface area contributed by atoms with Gasteiger partial charge in [-0.25, -0.2) is 4.99 Å². The molecule has 1 aliphatic rings. The molecule has 0 saturated carbocycles. The molecule has 1 fully saturated rings. The molecule has 23 heavy (non-hydrogen) atoms. The van der Waals surface area contributed by atoms with Gasteiger partial charge in [-0.15, -0.1) is 0 Å². The van der Waals surface area contributed by atoms with Gasteiger partial charge in [0.25, 0.3) is 0 Å². The fourth-order valence-electron chi connectivity index (χ4n) is 3.09. The van der Waals surface area contributed by atoms with Crippen LogP contribution in [-0.2, 0) is 16.0 Å². The first-order chi connectivity index (χ1) is 11.1. The predicted octanol–water partition coefficient (Wildman–Crippen LogP) is 3.80. The maximum Gasteiger partial charge on any atom is 0.222 e. The van der Waals surface area contributed by atoms with Crippen molar-refractivity contribution in [2.75, 3.05) is 13.2 Å². The minimum atomic E-state index is -0.139. The van der Waals surface area contributed by atoms with E-state index >= 15 is 0 Å². The summed E-state index contributed by atoms with van der Waals surface area (Å²) in [7, 11) is 0. The van der Waals surface area contributed by atoms with Crippen LogP contribution in [0.1, 0.15) is 49.3 Å². The molecule has 1 aliphatic heterocycles. The lowest BCUT2D eigenvalue weighted by Gasteiger charge is -2.25. The Balaban J connectivity index is 2.45. The number of carbonyl (C=O) groups excluding carboxylic acids is 1. The zero-order chi connectivity index (χ0) is 16.8. The van der Waals surface area contributed by atoms with E-state index in [2.05, 4.69) is 42.9 Å². The maximum atomic E-state index is 11.3. The van der Waals surface area contributed by atoms with Gasteiger partial charge in [-0.1, -0.05) is 25.6 Å². The summed E-state index contributed by atoms with van der Waals surface area (Å²) in [6, 6.07) is 4.39. The largest absolute Gasteiger partial charge is 0.381 e. The quantitative estimate of drug-likeness (QED) is 0.679. The van der Waals surface area contributed by atoms with Gasteiger partial charge in [-0.05, 0) is 54.9 Å². The summed E-state index contributed by atoms with van der Waals surface area (Å²) in [5.74, 6) is 0.885. The third kappa shape index (κ3) is 4.29. The molecule has 2 rings (SSSR count). The van der Waals surface area contributed by atoms with E-state index in [-0.39, 0.29) is 5.91 Å². The monoisotopic (exact) mass is 314 g/mol. The minimum Gasteiger partial charge on any atom is -0.381 e. The SMILES string of the molecule is C=CC(=Nc1c(CC)ccc(C2CCOCC2)c1C)NC(C)=O. The third-order valence-corrected chi connectivity index (χ3v) is 4.33. The van der Waals surface area contributed by atoms with Crippen LogP contribution in [-0.4, -0.2) is 25.0 Å². The van der Waals surface area contributed by atoms with Crippen LogP contribution in [0.25, 0.3) is 0 Å². The molecule has 1 N–H and O–H groups in total. The van der Waals surface area contributed by atoms with E-state index in [9.17, 15) is 4.79 Å². The Kier molecular flexibility index (Phi) is 6.11. The Morgan fingerprint density at radius 3 is 2.70 bits per heavy atom. The fraction of sp³-hybridized carbons (Fsp3) is 0.474. The number of nitrogens with one attached hydrogen (secondary N) is 1. The second kappa shape index (κ2) is 8.06. The summed E-state index contributed by atoms with van der Waals surface area (Å²) < 4.78 is 5.47. The summed E-state index contributed by atoms with van der Waals surface area (Å²) in [5.41, 5.74) is 4.68. The predicted molar refractivity (Wildman–Crippen MR) is 94.5 cm³/mol. The molecule has 0 unspecified atom stereocenters. The van der Waals surface area contributed by atoms with Crippen molar-refractivity contribution in [3.05, 3.63) is 41.5 Å². The summed E-state index contributed by atoms with van der Waals surface area (Å²) in [5, 5.41) is 2.73. The molecule has 1 saturated heterocycles. The summed E-state index contributed by atoms with van der Waals surface area (Å²) in [6.07, 6.45) is 4.59. The number of ether oxygens (including phenoxy) is 1. The van der Waals surface area contributed by atoms with E-state index in [1.165, 1.54) is 23.6 Å². The van der Waals surface area contributed by atoms with Crippen molar-refractivity contribution in [2.24, 2.45) is 4.99 Å². The molecule has 124 valence electrons. The topological polar surface area (TPSA) is 50.7 Å².